The maximum absolute atomic E-state index is 10.6. The molecular weight excluding hydrogens is 166 g/mol. The van der Waals surface area contributed by atoms with Crippen molar-refractivity contribution < 1.29 is 9.90 Å². The van der Waals surface area contributed by atoms with Gasteiger partial charge in [0, 0.05) is 17.9 Å². The molecule has 0 aliphatic heterocycles. The molecule has 0 aliphatic rings. The summed E-state index contributed by atoms with van der Waals surface area (Å²) in [5.74, 6) is -0.895. The maximum atomic E-state index is 10.6. The van der Waals surface area contributed by atoms with E-state index in [-0.39, 0.29) is 0 Å². The standard InChI is InChI=1S/C10H9NO2/c1-7-4-5-11-6-8(10(12)13)2-3-9(7)11/h2-6H,1H3,(H,12,13). The summed E-state index contributed by atoms with van der Waals surface area (Å²) in [7, 11) is 0. The highest BCUT2D eigenvalue weighted by Gasteiger charge is 2.03. The largest absolute Gasteiger partial charge is 0.478 e. The Kier molecular flexibility index (Phi) is 1.59. The van der Waals surface area contributed by atoms with E-state index in [1.54, 1.807) is 12.3 Å². The summed E-state index contributed by atoms with van der Waals surface area (Å²) in [5.41, 5.74) is 2.50. The average Bonchev–Trinajstić information content (AvgIpc) is 2.47. The lowest BCUT2D eigenvalue weighted by Crippen LogP contribution is -1.97. The van der Waals surface area contributed by atoms with Crippen LogP contribution in [-0.2, 0) is 0 Å². The summed E-state index contributed by atoms with van der Waals surface area (Å²) in [5, 5.41) is 8.74. The lowest BCUT2D eigenvalue weighted by molar-refractivity contribution is 0.0696. The molecule has 2 aromatic rings. The first-order valence-electron chi connectivity index (χ1n) is 3.99. The lowest BCUT2D eigenvalue weighted by atomic mass is 10.2. The number of rotatable bonds is 1. The molecule has 0 saturated carbocycles. The van der Waals surface area contributed by atoms with Crippen molar-refractivity contribution in [2.24, 2.45) is 0 Å². The Balaban J connectivity index is 2.70. The topological polar surface area (TPSA) is 41.7 Å². The van der Waals surface area contributed by atoms with E-state index in [2.05, 4.69) is 0 Å². The summed E-state index contributed by atoms with van der Waals surface area (Å²) in [6.07, 6.45) is 3.47. The average molecular weight is 175 g/mol. The zero-order chi connectivity index (χ0) is 9.42. The van der Waals surface area contributed by atoms with E-state index in [9.17, 15) is 4.79 Å². The summed E-state index contributed by atoms with van der Waals surface area (Å²) < 4.78 is 1.82. The number of carboxylic acid groups (broad SMARTS) is 1. The van der Waals surface area contributed by atoms with E-state index in [4.69, 9.17) is 5.11 Å². The van der Waals surface area contributed by atoms with Gasteiger partial charge in [0.1, 0.15) is 0 Å². The highest BCUT2D eigenvalue weighted by atomic mass is 16.4. The number of aromatic carboxylic acids is 1. The molecule has 0 atom stereocenters. The van der Waals surface area contributed by atoms with Gasteiger partial charge in [-0.05, 0) is 30.7 Å². The van der Waals surface area contributed by atoms with E-state index in [1.807, 2.05) is 29.7 Å². The van der Waals surface area contributed by atoms with Crippen molar-refractivity contribution in [1.29, 1.82) is 0 Å². The zero-order valence-electron chi connectivity index (χ0n) is 7.19. The number of aromatic nitrogens is 1. The minimum Gasteiger partial charge on any atom is -0.478 e. The maximum Gasteiger partial charge on any atom is 0.337 e. The predicted molar refractivity (Wildman–Crippen MR) is 49.1 cm³/mol. The van der Waals surface area contributed by atoms with Crippen molar-refractivity contribution in [2.45, 2.75) is 6.92 Å². The molecule has 2 heterocycles. The first kappa shape index (κ1) is 7.86. The van der Waals surface area contributed by atoms with Crippen LogP contribution < -0.4 is 0 Å². The second-order valence-electron chi connectivity index (χ2n) is 3.01. The van der Waals surface area contributed by atoms with E-state index < -0.39 is 5.97 Å². The summed E-state index contributed by atoms with van der Waals surface area (Å²) in [4.78, 5) is 10.6. The fourth-order valence-corrected chi connectivity index (χ4v) is 1.38. The minimum absolute atomic E-state index is 0.308. The van der Waals surface area contributed by atoms with Gasteiger partial charge in [0.25, 0.3) is 0 Å². The van der Waals surface area contributed by atoms with Gasteiger partial charge in [-0.2, -0.15) is 0 Å². The Bertz CT molecular complexity index is 471. The van der Waals surface area contributed by atoms with Gasteiger partial charge in [-0.1, -0.05) is 0 Å². The molecule has 0 amide bonds. The van der Waals surface area contributed by atoms with Gasteiger partial charge < -0.3 is 9.51 Å². The molecule has 0 spiro atoms. The molecule has 3 nitrogen and oxygen atoms in total. The van der Waals surface area contributed by atoms with E-state index in [1.165, 1.54) is 0 Å². The molecule has 0 bridgehead atoms. The summed E-state index contributed by atoms with van der Waals surface area (Å²) in [6.45, 7) is 2.00. The number of nitrogens with zero attached hydrogens (tertiary/aromatic N) is 1. The van der Waals surface area contributed by atoms with E-state index in [0.29, 0.717) is 5.56 Å². The molecule has 0 unspecified atom stereocenters. The third-order valence-corrected chi connectivity index (χ3v) is 2.11. The Morgan fingerprint density at radius 3 is 2.85 bits per heavy atom. The number of aryl methyl sites for hydroxylation is 1. The van der Waals surface area contributed by atoms with Gasteiger partial charge in [0.05, 0.1) is 5.56 Å². The Morgan fingerprint density at radius 1 is 1.38 bits per heavy atom. The molecular formula is C10H9NO2. The van der Waals surface area contributed by atoms with Gasteiger partial charge in [0.15, 0.2) is 0 Å². The van der Waals surface area contributed by atoms with Crippen molar-refractivity contribution in [3.63, 3.8) is 0 Å². The second kappa shape index (κ2) is 2.62. The second-order valence-corrected chi connectivity index (χ2v) is 3.01. The van der Waals surface area contributed by atoms with Crippen molar-refractivity contribution in [3.05, 3.63) is 41.7 Å². The van der Waals surface area contributed by atoms with Crippen LogP contribution in [0.5, 0.6) is 0 Å². The molecule has 3 heteroatoms. The lowest BCUT2D eigenvalue weighted by Gasteiger charge is -1.97. The fourth-order valence-electron chi connectivity index (χ4n) is 1.38. The first-order valence-corrected chi connectivity index (χ1v) is 3.99. The molecule has 2 rings (SSSR count). The van der Waals surface area contributed by atoms with Gasteiger partial charge in [0.2, 0.25) is 0 Å². The number of hydrogen-bond donors (Lipinski definition) is 1. The van der Waals surface area contributed by atoms with Crippen LogP contribution in [-0.4, -0.2) is 15.5 Å². The molecule has 0 saturated heterocycles. The predicted octanol–water partition coefficient (Wildman–Crippen LogP) is 1.95. The fraction of sp³-hybridized carbons (Fsp3) is 0.100. The zero-order valence-corrected chi connectivity index (χ0v) is 7.19. The smallest absolute Gasteiger partial charge is 0.337 e. The molecule has 13 heavy (non-hydrogen) atoms. The van der Waals surface area contributed by atoms with Crippen LogP contribution in [0.3, 0.4) is 0 Å². The summed E-state index contributed by atoms with van der Waals surface area (Å²) in [6, 6.07) is 5.39. The molecule has 0 aromatic carbocycles. The normalized spacial score (nSPS) is 10.5. The van der Waals surface area contributed by atoms with Crippen LogP contribution in [0.4, 0.5) is 0 Å². The van der Waals surface area contributed by atoms with Gasteiger partial charge in [-0.25, -0.2) is 4.79 Å². The van der Waals surface area contributed by atoms with Crippen LogP contribution in [0.25, 0.3) is 5.52 Å². The van der Waals surface area contributed by atoms with Crippen molar-refractivity contribution in [2.75, 3.05) is 0 Å². The first-order chi connectivity index (χ1) is 6.18. The van der Waals surface area contributed by atoms with Crippen LogP contribution in [0.2, 0.25) is 0 Å². The number of carbonyl (C=O) groups is 1. The van der Waals surface area contributed by atoms with Gasteiger partial charge >= 0.3 is 5.97 Å². The number of fused-ring (bicyclic) bond motifs is 1. The quantitative estimate of drug-likeness (QED) is 0.719. The van der Waals surface area contributed by atoms with E-state index >= 15 is 0 Å². The number of carboxylic acids is 1. The highest BCUT2D eigenvalue weighted by Crippen LogP contribution is 2.12. The van der Waals surface area contributed by atoms with E-state index in [0.717, 1.165) is 11.1 Å². The third kappa shape index (κ3) is 1.18. The van der Waals surface area contributed by atoms with Gasteiger partial charge in [-0.15, -0.1) is 0 Å². The van der Waals surface area contributed by atoms with Crippen LogP contribution in [0.15, 0.2) is 30.6 Å². The van der Waals surface area contributed by atoms with Crippen molar-refractivity contribution in [1.82, 2.24) is 4.40 Å². The highest BCUT2D eigenvalue weighted by molar-refractivity contribution is 5.87. The molecule has 0 fully saturated rings. The van der Waals surface area contributed by atoms with Crippen LogP contribution in [0.1, 0.15) is 15.9 Å². The van der Waals surface area contributed by atoms with Crippen LogP contribution >= 0.6 is 0 Å². The van der Waals surface area contributed by atoms with Crippen molar-refractivity contribution >= 4 is 11.5 Å². The Morgan fingerprint density at radius 2 is 2.15 bits per heavy atom. The SMILES string of the molecule is Cc1ccn2cc(C(=O)O)ccc12. The number of hydrogen-bond acceptors (Lipinski definition) is 1. The molecule has 0 radical (unpaired) electrons. The Labute approximate surface area is 75.2 Å². The minimum atomic E-state index is -0.895. The molecule has 66 valence electrons. The summed E-state index contributed by atoms with van der Waals surface area (Å²) >= 11 is 0. The Hall–Kier alpha value is -1.77. The number of pyridine rings is 1. The molecule has 2 aromatic heterocycles. The van der Waals surface area contributed by atoms with Crippen molar-refractivity contribution in [3.8, 4) is 0 Å². The third-order valence-electron chi connectivity index (χ3n) is 2.11. The molecule has 1 N–H and O–H groups in total. The van der Waals surface area contributed by atoms with Crippen LogP contribution in [0, 0.1) is 6.92 Å². The monoisotopic (exact) mass is 175 g/mol. The van der Waals surface area contributed by atoms with Gasteiger partial charge in [-0.3, -0.25) is 0 Å². The molecule has 0 aliphatic carbocycles.